The molecule has 0 nitrogen and oxygen atoms in total. The van der Waals surface area contributed by atoms with Crippen LogP contribution >= 0.6 is 35.6 Å². The van der Waals surface area contributed by atoms with Crippen LogP contribution in [0.5, 0.6) is 0 Å². The van der Waals surface area contributed by atoms with E-state index in [9.17, 15) is 61.5 Å². The molecule has 0 N–H and O–H groups in total. The molecule has 0 rings (SSSR count). The zero-order valence-electron chi connectivity index (χ0n) is 11.7. The summed E-state index contributed by atoms with van der Waals surface area (Å²) in [5, 5.41) is 0. The quantitative estimate of drug-likeness (QED) is 0.318. The molecular formula is C9H6Cl3F15. The molecule has 0 aliphatic heterocycles. The zero-order valence-corrected chi connectivity index (χ0v) is 14.0. The summed E-state index contributed by atoms with van der Waals surface area (Å²) in [4.78, 5) is 0. The van der Waals surface area contributed by atoms with E-state index in [1.54, 1.807) is 0 Å². The van der Waals surface area contributed by atoms with Crippen molar-refractivity contribution in [2.75, 3.05) is 0 Å². The van der Waals surface area contributed by atoms with Gasteiger partial charge in [-0.05, 0) is 0 Å². The van der Waals surface area contributed by atoms with Crippen LogP contribution in [0.1, 0.15) is 0 Å². The van der Waals surface area contributed by atoms with Gasteiger partial charge in [-0.1, -0.05) is 23.2 Å². The van der Waals surface area contributed by atoms with Crippen molar-refractivity contribution in [3.63, 3.8) is 0 Å². The molecule has 0 fully saturated rings. The minimum Gasteiger partial charge on any atom is -0.269 e. The van der Waals surface area contributed by atoms with Gasteiger partial charge in [0.1, 0.15) is 0 Å². The average Bonchev–Trinajstić information content (AvgIpc) is 2.42. The largest absolute Gasteiger partial charge is 0.443 e. The first-order valence-corrected chi connectivity index (χ1v) is 5.74. The fraction of sp³-hybridized carbons (Fsp3) is 0.556. The Bertz CT molecular complexity index is 392. The van der Waals surface area contributed by atoms with E-state index in [0.29, 0.717) is 0 Å². The summed E-state index contributed by atoms with van der Waals surface area (Å²) in [6.07, 6.45) is -23.3. The van der Waals surface area contributed by atoms with Gasteiger partial charge in [-0.3, -0.25) is 4.70 Å². The fourth-order valence-electron chi connectivity index (χ4n) is 0.267. The Hall–Kier alpha value is -0.700. The number of halogens is 18. The molecule has 0 heterocycles. The molecule has 0 saturated heterocycles. The second kappa shape index (κ2) is 15.2. The van der Waals surface area contributed by atoms with Gasteiger partial charge in [0.2, 0.25) is 11.7 Å². The molecule has 0 aliphatic rings. The van der Waals surface area contributed by atoms with Crippen LogP contribution in [0.15, 0.2) is 22.7 Å². The summed E-state index contributed by atoms with van der Waals surface area (Å²) in [5.74, 6) is -4.56. The molecule has 0 aromatic carbocycles. The monoisotopic (exact) mass is 504 g/mol. The first-order chi connectivity index (χ1) is 10.8. The maximum atomic E-state index is 11.2. The third-order valence-electron chi connectivity index (χ3n) is 1.27. The molecule has 0 amide bonds. The van der Waals surface area contributed by atoms with E-state index in [2.05, 4.69) is 23.2 Å². The second-order valence-electron chi connectivity index (χ2n) is 3.19. The molecular weight excluding hydrogens is 499 g/mol. The van der Waals surface area contributed by atoms with Crippen molar-refractivity contribution in [2.24, 2.45) is 0 Å². The highest BCUT2D eigenvalue weighted by Crippen LogP contribution is 2.28. The van der Waals surface area contributed by atoms with Crippen molar-refractivity contribution in [1.82, 2.24) is 0 Å². The smallest absolute Gasteiger partial charge is 0.269 e. The summed E-state index contributed by atoms with van der Waals surface area (Å²) in [7, 11) is 0. The minimum absolute atomic E-state index is 0. The Kier molecular flexibility index (Phi) is 21.0. The van der Waals surface area contributed by atoms with Gasteiger partial charge in [-0.2, -0.15) is 39.5 Å². The molecule has 27 heavy (non-hydrogen) atoms. The minimum atomic E-state index is -5.44. The standard InChI is InChI=1S/2C3HClF4.C3H2F6.ClH.FH/c2*4-1-2(5)3(6,7)8;4-1(2(5)6)3(7,8)9;;/h2*1H;1-2H;2*1H/b2-1+;2-1-;;;. The Labute approximate surface area is 156 Å². The van der Waals surface area contributed by atoms with E-state index in [0.717, 1.165) is 0 Å². The van der Waals surface area contributed by atoms with E-state index in [1.165, 1.54) is 0 Å². The van der Waals surface area contributed by atoms with E-state index in [-0.39, 0.29) is 28.2 Å². The number of hydrogen-bond acceptors (Lipinski definition) is 0. The Morgan fingerprint density at radius 3 is 0.889 bits per heavy atom. The van der Waals surface area contributed by atoms with Crippen molar-refractivity contribution in [3.05, 3.63) is 22.7 Å². The van der Waals surface area contributed by atoms with Gasteiger partial charge in [-0.25, -0.2) is 22.0 Å². The Morgan fingerprint density at radius 1 is 0.667 bits per heavy atom. The predicted octanol–water partition coefficient (Wildman–Crippen LogP) is 7.92. The molecule has 0 radical (unpaired) electrons. The van der Waals surface area contributed by atoms with Gasteiger partial charge in [0, 0.05) is 11.1 Å². The van der Waals surface area contributed by atoms with Gasteiger partial charge >= 0.3 is 18.5 Å². The Morgan fingerprint density at radius 2 is 0.889 bits per heavy atom. The van der Waals surface area contributed by atoms with Gasteiger partial charge in [0.25, 0.3) is 12.6 Å². The van der Waals surface area contributed by atoms with Gasteiger partial charge in [0.15, 0.2) is 0 Å². The lowest BCUT2D eigenvalue weighted by Crippen LogP contribution is -2.30. The van der Waals surface area contributed by atoms with Gasteiger partial charge in [0.05, 0.1) is 0 Å². The summed E-state index contributed by atoms with van der Waals surface area (Å²) >= 11 is 8.76. The maximum Gasteiger partial charge on any atom is 0.443 e. The fourth-order valence-corrected chi connectivity index (χ4v) is 0.514. The van der Waals surface area contributed by atoms with E-state index in [1.807, 2.05) is 0 Å². The number of hydrogen-bond donors (Lipinski definition) is 0. The van der Waals surface area contributed by atoms with E-state index < -0.39 is 42.8 Å². The molecule has 1 atom stereocenters. The number of allylic oxidation sites excluding steroid dienone is 2. The molecule has 1 unspecified atom stereocenters. The van der Waals surface area contributed by atoms with E-state index in [4.69, 9.17) is 0 Å². The van der Waals surface area contributed by atoms with Crippen LogP contribution < -0.4 is 0 Å². The lowest BCUT2D eigenvalue weighted by molar-refractivity contribution is -0.211. The van der Waals surface area contributed by atoms with E-state index >= 15 is 0 Å². The zero-order chi connectivity index (χ0) is 21.2. The van der Waals surface area contributed by atoms with Crippen LogP contribution in [0.25, 0.3) is 0 Å². The van der Waals surface area contributed by atoms with Gasteiger partial charge < -0.3 is 0 Å². The molecule has 0 aromatic heterocycles. The van der Waals surface area contributed by atoms with Crippen molar-refractivity contribution in [3.8, 4) is 0 Å². The SMILES string of the molecule is Cl.F.F/C(=C/Cl)C(F)(F)F.F/C(=C\Cl)C(F)(F)F.FC(F)C(F)C(F)(F)F. The molecule has 168 valence electrons. The summed E-state index contributed by atoms with van der Waals surface area (Å²) < 4.78 is 153. The highest BCUT2D eigenvalue weighted by atomic mass is 35.5. The molecule has 0 aliphatic carbocycles. The van der Waals surface area contributed by atoms with Crippen LogP contribution in [-0.2, 0) is 0 Å². The molecule has 0 bridgehead atoms. The van der Waals surface area contributed by atoms with Crippen molar-refractivity contribution in [2.45, 2.75) is 31.1 Å². The lowest BCUT2D eigenvalue weighted by atomic mass is 10.4. The first-order valence-electron chi connectivity index (χ1n) is 4.87. The van der Waals surface area contributed by atoms with Crippen molar-refractivity contribution in [1.29, 1.82) is 0 Å². The summed E-state index contributed by atoms with van der Waals surface area (Å²) in [5.41, 5.74) is -0.306. The van der Waals surface area contributed by atoms with Crippen LogP contribution in [0.3, 0.4) is 0 Å². The molecule has 0 saturated carbocycles. The number of rotatable bonds is 1. The second-order valence-corrected chi connectivity index (χ2v) is 3.62. The number of alkyl halides is 12. The third kappa shape index (κ3) is 21.5. The molecule has 18 heteroatoms. The van der Waals surface area contributed by atoms with Crippen LogP contribution in [0, 0.1) is 0 Å². The highest BCUT2D eigenvalue weighted by Gasteiger charge is 2.46. The third-order valence-corrected chi connectivity index (χ3v) is 1.65. The summed E-state index contributed by atoms with van der Waals surface area (Å²) in [6.45, 7) is 0. The van der Waals surface area contributed by atoms with Crippen LogP contribution in [0.2, 0.25) is 0 Å². The van der Waals surface area contributed by atoms with Crippen molar-refractivity contribution >= 4 is 35.6 Å². The van der Waals surface area contributed by atoms with Crippen LogP contribution in [-0.4, -0.2) is 31.1 Å². The van der Waals surface area contributed by atoms with Crippen LogP contribution in [0.4, 0.5) is 66.2 Å². The lowest BCUT2D eigenvalue weighted by Gasteiger charge is -2.09. The maximum absolute atomic E-state index is 11.2. The highest BCUT2D eigenvalue weighted by molar-refractivity contribution is 6.25. The van der Waals surface area contributed by atoms with Gasteiger partial charge in [-0.15, -0.1) is 12.4 Å². The first kappa shape index (κ1) is 37.1. The molecule has 0 aromatic rings. The Balaban J connectivity index is -0.0000000866. The normalized spacial score (nSPS) is 14.0. The molecule has 0 spiro atoms. The summed E-state index contributed by atoms with van der Waals surface area (Å²) in [6, 6.07) is 0. The average molecular weight is 505 g/mol. The van der Waals surface area contributed by atoms with Crippen molar-refractivity contribution < 1.29 is 66.2 Å². The predicted molar refractivity (Wildman–Crippen MR) is 68.9 cm³/mol. The topological polar surface area (TPSA) is 0 Å².